The molecule has 0 spiro atoms. The summed E-state index contributed by atoms with van der Waals surface area (Å²) in [5.41, 5.74) is 2.07. The number of halogens is 1. The summed E-state index contributed by atoms with van der Waals surface area (Å²) in [4.78, 5) is 23.2. The predicted molar refractivity (Wildman–Crippen MR) is 121 cm³/mol. The molecule has 0 fully saturated rings. The lowest BCUT2D eigenvalue weighted by Gasteiger charge is -2.29. The topological polar surface area (TPSA) is 64.5 Å². The van der Waals surface area contributed by atoms with E-state index < -0.39 is 5.95 Å². The molecule has 3 rings (SSSR count). The monoisotopic (exact) mass is 437 g/mol. The zero-order chi connectivity index (χ0) is 22.9. The molecule has 0 radical (unpaired) electrons. The third kappa shape index (κ3) is 6.03. The number of amides is 1. The van der Waals surface area contributed by atoms with Crippen LogP contribution in [0.4, 0.5) is 4.39 Å². The molecular formula is C25H28FN3O3. The van der Waals surface area contributed by atoms with Crippen molar-refractivity contribution in [2.24, 2.45) is 0 Å². The molecular weight excluding hydrogens is 409 g/mol. The first-order valence-corrected chi connectivity index (χ1v) is 10.6. The van der Waals surface area contributed by atoms with Crippen molar-refractivity contribution >= 4 is 5.91 Å². The first-order valence-electron chi connectivity index (χ1n) is 10.6. The van der Waals surface area contributed by atoms with Crippen LogP contribution >= 0.6 is 0 Å². The van der Waals surface area contributed by atoms with Gasteiger partial charge in [-0.3, -0.25) is 4.79 Å². The van der Waals surface area contributed by atoms with Gasteiger partial charge in [0.1, 0.15) is 5.69 Å². The van der Waals surface area contributed by atoms with Crippen LogP contribution in [-0.2, 0) is 12.8 Å². The average Bonchev–Trinajstić information content (AvgIpc) is 2.83. The van der Waals surface area contributed by atoms with E-state index in [1.165, 1.54) is 30.9 Å². The molecule has 1 unspecified atom stereocenters. The largest absolute Gasteiger partial charge is 0.491 e. The Kier molecular flexibility index (Phi) is 8.14. The molecule has 3 aromatic rings. The van der Waals surface area contributed by atoms with Gasteiger partial charge in [0.2, 0.25) is 5.95 Å². The van der Waals surface area contributed by atoms with E-state index in [0.717, 1.165) is 18.5 Å². The van der Waals surface area contributed by atoms with Crippen molar-refractivity contribution in [2.75, 3.05) is 20.8 Å². The quantitative estimate of drug-likeness (QED) is 0.442. The lowest BCUT2D eigenvalue weighted by atomic mass is 10.0. The van der Waals surface area contributed by atoms with Gasteiger partial charge in [0.15, 0.2) is 5.75 Å². The van der Waals surface area contributed by atoms with Crippen molar-refractivity contribution in [1.82, 2.24) is 14.9 Å². The number of aromatic nitrogens is 2. The van der Waals surface area contributed by atoms with Crippen molar-refractivity contribution in [3.63, 3.8) is 0 Å². The van der Waals surface area contributed by atoms with Crippen LogP contribution in [0.25, 0.3) is 0 Å². The summed E-state index contributed by atoms with van der Waals surface area (Å²) in [6.45, 7) is 2.41. The second kappa shape index (κ2) is 11.2. The lowest BCUT2D eigenvalue weighted by Crippen LogP contribution is -2.41. The second-order valence-electron chi connectivity index (χ2n) is 7.48. The Morgan fingerprint density at radius 1 is 0.969 bits per heavy atom. The number of nitrogens with zero attached hydrogens (tertiary/aromatic N) is 3. The van der Waals surface area contributed by atoms with Crippen molar-refractivity contribution in [2.45, 2.75) is 32.2 Å². The van der Waals surface area contributed by atoms with Gasteiger partial charge in [-0.1, -0.05) is 36.4 Å². The fourth-order valence-electron chi connectivity index (χ4n) is 3.51. The van der Waals surface area contributed by atoms with Crippen molar-refractivity contribution in [3.05, 3.63) is 83.6 Å². The van der Waals surface area contributed by atoms with E-state index in [1.807, 2.05) is 31.2 Å². The van der Waals surface area contributed by atoms with Gasteiger partial charge in [-0.25, -0.2) is 9.97 Å². The standard InChI is InChI=1S/C25H28FN3O3/c1-18(12-13-19-8-5-4-6-9-19)29(25(30)21-10-7-11-23(26)28-21)17-16-20-14-15-22(31-2)24(27-20)32-3/h4-11,14-15,18H,12-13,16-17H2,1-3H3. The summed E-state index contributed by atoms with van der Waals surface area (Å²) >= 11 is 0. The molecule has 1 aromatic carbocycles. The van der Waals surface area contributed by atoms with Crippen molar-refractivity contribution in [3.8, 4) is 11.6 Å². The number of carbonyl (C=O) groups excluding carboxylic acids is 1. The average molecular weight is 438 g/mol. The number of ether oxygens (including phenoxy) is 2. The molecule has 32 heavy (non-hydrogen) atoms. The van der Waals surface area contributed by atoms with Gasteiger partial charge >= 0.3 is 0 Å². The molecule has 1 amide bonds. The van der Waals surface area contributed by atoms with E-state index in [9.17, 15) is 9.18 Å². The molecule has 0 N–H and O–H groups in total. The van der Waals surface area contributed by atoms with Crippen LogP contribution in [0.15, 0.2) is 60.7 Å². The zero-order valence-corrected chi connectivity index (χ0v) is 18.6. The second-order valence-corrected chi connectivity index (χ2v) is 7.48. The molecule has 1 atom stereocenters. The number of carbonyl (C=O) groups is 1. The summed E-state index contributed by atoms with van der Waals surface area (Å²) < 4.78 is 24.2. The van der Waals surface area contributed by atoms with Crippen LogP contribution < -0.4 is 9.47 Å². The Balaban J connectivity index is 1.77. The number of benzene rings is 1. The SMILES string of the molecule is COc1ccc(CCN(C(=O)c2cccc(F)n2)C(C)CCc2ccccc2)nc1OC. The number of pyridine rings is 2. The smallest absolute Gasteiger partial charge is 0.272 e. The minimum Gasteiger partial charge on any atom is -0.491 e. The fourth-order valence-corrected chi connectivity index (χ4v) is 3.51. The number of rotatable bonds is 10. The third-order valence-corrected chi connectivity index (χ3v) is 5.33. The molecule has 2 heterocycles. The molecule has 7 heteroatoms. The molecule has 2 aromatic heterocycles. The maximum absolute atomic E-state index is 13.6. The Hall–Kier alpha value is -3.48. The Morgan fingerprint density at radius 2 is 1.75 bits per heavy atom. The highest BCUT2D eigenvalue weighted by molar-refractivity contribution is 5.92. The van der Waals surface area contributed by atoms with E-state index in [0.29, 0.717) is 24.6 Å². The van der Waals surface area contributed by atoms with E-state index >= 15 is 0 Å². The lowest BCUT2D eigenvalue weighted by molar-refractivity contribution is 0.0679. The molecule has 0 saturated carbocycles. The number of methoxy groups -OCH3 is 2. The summed E-state index contributed by atoms with van der Waals surface area (Å²) in [6, 6.07) is 18.0. The van der Waals surface area contributed by atoms with Crippen molar-refractivity contribution in [1.29, 1.82) is 0 Å². The van der Waals surface area contributed by atoms with Gasteiger partial charge in [0, 0.05) is 24.7 Å². The summed E-state index contributed by atoms with van der Waals surface area (Å²) in [5, 5.41) is 0. The molecule has 168 valence electrons. The fraction of sp³-hybridized carbons (Fsp3) is 0.320. The molecule has 0 aliphatic heterocycles. The first kappa shape index (κ1) is 23.2. The minimum absolute atomic E-state index is 0.0760. The normalized spacial score (nSPS) is 11.6. The van der Waals surface area contributed by atoms with Crippen molar-refractivity contribution < 1.29 is 18.7 Å². The maximum atomic E-state index is 13.6. The molecule has 6 nitrogen and oxygen atoms in total. The first-order chi connectivity index (χ1) is 15.5. The molecule has 0 aliphatic rings. The van der Waals surface area contributed by atoms with Crippen LogP contribution in [0, 0.1) is 5.95 Å². The number of hydrogen-bond donors (Lipinski definition) is 0. The van der Waals surface area contributed by atoms with Gasteiger partial charge in [-0.15, -0.1) is 0 Å². The molecule has 0 bridgehead atoms. The van der Waals surface area contributed by atoms with E-state index in [-0.39, 0.29) is 17.6 Å². The highest BCUT2D eigenvalue weighted by Crippen LogP contribution is 2.24. The van der Waals surface area contributed by atoms with Gasteiger partial charge in [0.25, 0.3) is 11.8 Å². The molecule has 0 saturated heterocycles. The highest BCUT2D eigenvalue weighted by atomic mass is 19.1. The van der Waals surface area contributed by atoms with Crippen LogP contribution in [0.1, 0.15) is 35.1 Å². The number of hydrogen-bond acceptors (Lipinski definition) is 5. The highest BCUT2D eigenvalue weighted by Gasteiger charge is 2.23. The predicted octanol–water partition coefficient (Wildman–Crippen LogP) is 4.34. The van der Waals surface area contributed by atoms with E-state index in [4.69, 9.17) is 9.47 Å². The van der Waals surface area contributed by atoms with E-state index in [1.54, 1.807) is 18.1 Å². The Bertz CT molecular complexity index is 1030. The summed E-state index contributed by atoms with van der Waals surface area (Å²) in [6.07, 6.45) is 2.11. The van der Waals surface area contributed by atoms with E-state index in [2.05, 4.69) is 22.1 Å². The van der Waals surface area contributed by atoms with Crippen LogP contribution in [0.2, 0.25) is 0 Å². The van der Waals surface area contributed by atoms with Gasteiger partial charge in [-0.2, -0.15) is 4.39 Å². The molecule has 0 aliphatic carbocycles. The zero-order valence-electron chi connectivity index (χ0n) is 18.6. The van der Waals surface area contributed by atoms with Gasteiger partial charge in [-0.05, 0) is 49.6 Å². The number of aryl methyl sites for hydroxylation is 1. The maximum Gasteiger partial charge on any atom is 0.272 e. The van der Waals surface area contributed by atoms with Crippen LogP contribution in [-0.4, -0.2) is 47.6 Å². The minimum atomic E-state index is -0.672. The third-order valence-electron chi connectivity index (χ3n) is 5.33. The Morgan fingerprint density at radius 3 is 2.44 bits per heavy atom. The van der Waals surface area contributed by atoms with Crippen LogP contribution in [0.5, 0.6) is 11.6 Å². The summed E-state index contributed by atoms with van der Waals surface area (Å²) in [5.74, 6) is -0.0315. The van der Waals surface area contributed by atoms with Gasteiger partial charge in [0.05, 0.1) is 14.2 Å². The van der Waals surface area contributed by atoms with Crippen LogP contribution in [0.3, 0.4) is 0 Å². The Labute approximate surface area is 188 Å². The van der Waals surface area contributed by atoms with Gasteiger partial charge < -0.3 is 14.4 Å². The summed E-state index contributed by atoms with van der Waals surface area (Å²) in [7, 11) is 3.09.